The summed E-state index contributed by atoms with van der Waals surface area (Å²) >= 11 is 5.57. The second kappa shape index (κ2) is 42.8. The van der Waals surface area contributed by atoms with Gasteiger partial charge >= 0.3 is 30.9 Å². The molecule has 1 unspecified atom stereocenters. The zero-order chi connectivity index (χ0) is 91.8. The summed E-state index contributed by atoms with van der Waals surface area (Å²) in [5, 5.41) is 52.0. The monoisotopic (exact) mass is 1870 g/mol. The minimum absolute atomic E-state index is 0.0842. The first-order chi connectivity index (χ1) is 59.5. The third kappa shape index (κ3) is 25.9. The van der Waals surface area contributed by atoms with Crippen molar-refractivity contribution in [3.63, 3.8) is 0 Å². The van der Waals surface area contributed by atoms with Crippen LogP contribution in [0.3, 0.4) is 0 Å². The van der Waals surface area contributed by atoms with E-state index in [4.69, 9.17) is 5.26 Å². The number of carbonyl (C=O) groups excluding carboxylic acids is 5. The molecule has 126 heavy (non-hydrogen) atoms. The lowest BCUT2D eigenvalue weighted by atomic mass is 9.94. The number of nitriles is 1. The number of benzene rings is 1. The van der Waals surface area contributed by atoms with Crippen LogP contribution in [0.4, 0.5) is 65.9 Å². The molecule has 3 fully saturated rings. The van der Waals surface area contributed by atoms with Crippen molar-refractivity contribution in [3.8, 4) is 58.9 Å². The number of hydrogen-bond acceptors (Lipinski definition) is 19. The van der Waals surface area contributed by atoms with Crippen molar-refractivity contribution in [2.24, 2.45) is 35.2 Å². The van der Waals surface area contributed by atoms with Crippen LogP contribution in [0.5, 0.6) is 0 Å². The second-order valence-corrected chi connectivity index (χ2v) is 34.7. The largest absolute Gasteiger partial charge is 0.433 e. The molecule has 0 bridgehead atoms. The number of thiophene rings is 5. The molecule has 1 saturated carbocycles. The Bertz CT molecular complexity index is 5510. The van der Waals surface area contributed by atoms with Gasteiger partial charge in [-0.3, -0.25) is 47.4 Å². The molecule has 0 spiro atoms. The summed E-state index contributed by atoms with van der Waals surface area (Å²) in [5.74, 6) is -1.10. The quantitative estimate of drug-likeness (QED) is 0.0342. The Balaban J connectivity index is 0.000000165. The van der Waals surface area contributed by atoms with Gasteiger partial charge in [-0.05, 0) is 168 Å². The van der Waals surface area contributed by atoms with Gasteiger partial charge < -0.3 is 40.4 Å². The average Bonchev–Trinajstić information content (AvgIpc) is 1.66. The van der Waals surface area contributed by atoms with E-state index < -0.39 is 59.4 Å². The highest BCUT2D eigenvalue weighted by Crippen LogP contribution is 2.41. The first-order valence-corrected chi connectivity index (χ1v) is 43.5. The van der Waals surface area contributed by atoms with Gasteiger partial charge in [0.2, 0.25) is 0 Å². The Kier molecular flexibility index (Phi) is 33.2. The Labute approximate surface area is 733 Å². The van der Waals surface area contributed by atoms with Crippen LogP contribution >= 0.6 is 56.7 Å². The van der Waals surface area contributed by atoms with Crippen LogP contribution < -0.4 is 10.6 Å². The number of alkyl halides is 15. The van der Waals surface area contributed by atoms with Crippen molar-refractivity contribution in [2.45, 2.75) is 120 Å². The summed E-state index contributed by atoms with van der Waals surface area (Å²) in [6.45, 7) is 5.25. The van der Waals surface area contributed by atoms with Gasteiger partial charge in [0.05, 0.1) is 80.5 Å². The van der Waals surface area contributed by atoms with Crippen molar-refractivity contribution in [3.05, 3.63) is 180 Å². The van der Waals surface area contributed by atoms with E-state index >= 15 is 0 Å². The molecule has 678 valence electrons. The minimum atomic E-state index is -4.48. The maximum atomic E-state index is 13.0. The van der Waals surface area contributed by atoms with Gasteiger partial charge in [-0.15, -0.1) is 56.7 Å². The number of nitrogens with one attached hydrogen (secondary N) is 2. The molecule has 1 aromatic carbocycles. The fraction of sp³-hybridized carbons (Fsp3) is 0.427. The molecule has 11 aromatic rings. The van der Waals surface area contributed by atoms with E-state index in [2.05, 4.69) is 41.0 Å². The summed E-state index contributed by atoms with van der Waals surface area (Å²) in [7, 11) is 7.93. The predicted molar refractivity (Wildman–Crippen MR) is 446 cm³/mol. The third-order valence-corrected chi connectivity index (χ3v) is 25.8. The number of amides is 5. The van der Waals surface area contributed by atoms with Gasteiger partial charge in [0.15, 0.2) is 0 Å². The minimum Gasteiger partial charge on any atom is -0.395 e. The number of aryl methyl sites for hydroxylation is 5. The van der Waals surface area contributed by atoms with Crippen LogP contribution in [0.25, 0.3) is 52.9 Å². The number of carbonyl (C=O) groups is 5. The molecule has 5 amide bonds. The number of aliphatic hydroxyl groups excluding tert-OH is 2. The maximum absolute atomic E-state index is 13.0. The number of likely N-dealkylation sites (tertiary alicyclic amines) is 2. The highest BCUT2D eigenvalue weighted by Gasteiger charge is 2.41. The lowest BCUT2D eigenvalue weighted by Crippen LogP contribution is -2.42. The predicted octanol–water partition coefficient (Wildman–Crippen LogP) is 17.4. The van der Waals surface area contributed by atoms with E-state index in [0.29, 0.717) is 68.4 Å². The van der Waals surface area contributed by atoms with E-state index in [1.807, 2.05) is 36.4 Å². The van der Waals surface area contributed by atoms with Crippen LogP contribution in [0.15, 0.2) is 121 Å². The van der Waals surface area contributed by atoms with Crippen molar-refractivity contribution in [1.82, 2.24) is 79.1 Å². The topological polar surface area (TPSA) is 276 Å². The Morgan fingerprint density at radius 1 is 0.460 bits per heavy atom. The molecule has 44 heteroatoms. The molecule has 24 nitrogen and oxygen atoms in total. The highest BCUT2D eigenvalue weighted by atomic mass is 32.1. The summed E-state index contributed by atoms with van der Waals surface area (Å²) in [6.07, 6.45) is -11.3. The number of aromatic nitrogens is 10. The van der Waals surface area contributed by atoms with Gasteiger partial charge in [-0.25, -0.2) is 0 Å². The van der Waals surface area contributed by atoms with Crippen molar-refractivity contribution in [1.29, 1.82) is 5.26 Å². The highest BCUT2D eigenvalue weighted by molar-refractivity contribution is 7.18. The smallest absolute Gasteiger partial charge is 0.395 e. The van der Waals surface area contributed by atoms with Crippen molar-refractivity contribution in [2.75, 3.05) is 72.6 Å². The molecular formula is C82H88F15N17O7S5. The van der Waals surface area contributed by atoms with Gasteiger partial charge in [-0.1, -0.05) is 49.6 Å². The van der Waals surface area contributed by atoms with E-state index in [9.17, 15) is 100 Å². The molecule has 4 N–H and O–H groups in total. The SMILES string of the molecule is CN(CCc1ccccc1)C(=O)c1ccc(-c2cc(C(F)(F)F)n(C)n2)s1.Cn1nc(-c2ccc(C(=O)N(CCO)C3CCCCC3)s2)cc1C(F)(F)F.Cn1nc(-c2ccc(C(=O)N3CCCC3CO)s2)cc1C(F)(F)F.Cn1nc(-c2ccc(C(=O)NCCC#N)s2)cc1C(F)(F)F.Cn1nc(-c2ccc(C(=O)NCCCN3CCCC3)s2)cc1C(F)(F)F. The molecule has 2 saturated heterocycles. The summed E-state index contributed by atoms with van der Waals surface area (Å²) < 4.78 is 197. The fourth-order valence-electron chi connectivity index (χ4n) is 13.9. The second-order valence-electron chi connectivity index (χ2n) is 29.3. The number of hydrogen-bond donors (Lipinski definition) is 4. The van der Waals surface area contributed by atoms with Gasteiger partial charge in [0, 0.05) is 81.1 Å². The number of halogens is 15. The first kappa shape index (κ1) is 97.6. The van der Waals surface area contributed by atoms with Crippen LogP contribution in [0, 0.1) is 11.3 Å². The van der Waals surface area contributed by atoms with Crippen molar-refractivity contribution >= 4 is 86.2 Å². The molecule has 1 atom stereocenters. The zero-order valence-electron chi connectivity index (χ0n) is 68.6. The standard InChI is InChI=1S/C19H18F3N3OS.C18H22F3N3O2S.C17H21F3N4OS.C15H16F3N3O2S.C13H11F3N4OS/c1-24(11-10-13-6-4-3-5-7-13)18(26)16-9-8-15(27-16)14-12-17(19(20,21)22)25(2)23-14;1-23-16(18(19,20)21)11-13(22-23)14-7-8-15(27-14)17(26)24(9-10-25)12-5-3-2-4-6-12;1-23-15(17(18,19)20)11-12(22-23)13-5-6-14(26-13)16(25)21-7-4-10-24-8-2-3-9-24;1-20-13(15(16,17)18)7-10(19-20)11-4-5-12(24-11)14(23)21-6-2-3-9(21)8-22;1-20-11(13(14,15)16)7-8(19-20)9-3-4-10(22-9)12(21)18-6-2-5-17/h3-9,12H,10-11H2,1-2H3;7-8,11-12,25H,2-6,9-10H2,1H3;5-6,11H,2-4,7-10H2,1H3,(H,21,25);4-5,7,9,22H,2-3,6,8H2,1H3;3-4,7H,2,6H2,1H3,(H,18,21). The van der Waals surface area contributed by atoms with Gasteiger partial charge in [0.1, 0.15) is 56.9 Å². The van der Waals surface area contributed by atoms with Crippen molar-refractivity contribution < 1.29 is 100 Å². The van der Waals surface area contributed by atoms with Crippen LogP contribution in [-0.4, -0.2) is 193 Å². The maximum Gasteiger partial charge on any atom is 0.433 e. The molecule has 0 radical (unpaired) electrons. The first-order valence-electron chi connectivity index (χ1n) is 39.4. The lowest BCUT2D eigenvalue weighted by molar-refractivity contribution is -0.144. The molecule has 14 rings (SSSR count). The number of aliphatic hydroxyl groups is 2. The van der Waals surface area contributed by atoms with Crippen LogP contribution in [0.1, 0.15) is 153 Å². The summed E-state index contributed by atoms with van der Waals surface area (Å²) in [4.78, 5) is 74.0. The normalized spacial score (nSPS) is 14.6. The number of nitrogens with zero attached hydrogens (tertiary/aromatic N) is 15. The van der Waals surface area contributed by atoms with Gasteiger partial charge in [-0.2, -0.15) is 96.6 Å². The molecule has 2 aliphatic heterocycles. The van der Waals surface area contributed by atoms with Gasteiger partial charge in [0.25, 0.3) is 29.5 Å². The Hall–Kier alpha value is -10.6. The van der Waals surface area contributed by atoms with E-state index in [1.165, 1.54) is 54.1 Å². The molecule has 1 aliphatic carbocycles. The lowest BCUT2D eigenvalue weighted by Gasteiger charge is -2.33. The fourth-order valence-corrected chi connectivity index (χ4v) is 18.5. The Morgan fingerprint density at radius 2 is 0.833 bits per heavy atom. The molecule has 10 aromatic heterocycles. The Morgan fingerprint density at radius 3 is 1.21 bits per heavy atom. The van der Waals surface area contributed by atoms with E-state index in [-0.39, 0.29) is 103 Å². The summed E-state index contributed by atoms with van der Waals surface area (Å²) in [6, 6.07) is 32.6. The number of rotatable bonds is 23. The molecule has 12 heterocycles. The number of likely N-dealkylation sites (N-methyl/N-ethyl adjacent to an activating group) is 1. The zero-order valence-corrected chi connectivity index (χ0v) is 72.7. The summed E-state index contributed by atoms with van der Waals surface area (Å²) in [5.41, 5.74) is -2.04. The third-order valence-electron chi connectivity index (χ3n) is 20.3. The van der Waals surface area contributed by atoms with Crippen LogP contribution in [-0.2, 0) is 72.5 Å². The molecular weight excluding hydrogens is 1780 g/mol. The van der Waals surface area contributed by atoms with E-state index in [1.54, 1.807) is 76.3 Å². The molecule has 3 aliphatic rings. The average molecular weight is 1870 g/mol. The van der Waals surface area contributed by atoms with Crippen LogP contribution in [0.2, 0.25) is 0 Å². The van der Waals surface area contributed by atoms with E-state index in [0.717, 1.165) is 193 Å².